The van der Waals surface area contributed by atoms with E-state index < -0.39 is 41.2 Å². The average molecular weight is 559 g/mol. The van der Waals surface area contributed by atoms with Gasteiger partial charge < -0.3 is 19.9 Å². The van der Waals surface area contributed by atoms with Gasteiger partial charge in [0.15, 0.2) is 5.16 Å². The Labute approximate surface area is 216 Å². The van der Waals surface area contributed by atoms with Gasteiger partial charge in [-0.2, -0.15) is 13.2 Å². The maximum absolute atomic E-state index is 12.9. The molecule has 198 valence electrons. The number of nitrogens with one attached hydrogen (secondary N) is 1. The number of allylic oxidation sites excluding steroid dienone is 1. The Hall–Kier alpha value is -3.01. The molecule has 16 heteroatoms. The van der Waals surface area contributed by atoms with E-state index in [0.717, 1.165) is 41.1 Å². The Morgan fingerprint density at radius 3 is 2.62 bits per heavy atom. The molecule has 1 aliphatic carbocycles. The van der Waals surface area contributed by atoms with Crippen molar-refractivity contribution < 1.29 is 37.5 Å². The summed E-state index contributed by atoms with van der Waals surface area (Å²) in [4.78, 5) is 52.9. The van der Waals surface area contributed by atoms with Crippen molar-refractivity contribution in [2.45, 2.75) is 48.1 Å². The lowest BCUT2D eigenvalue weighted by Crippen LogP contribution is -2.70. The number of hydrogen-bond acceptors (Lipinski definition) is 8. The Morgan fingerprint density at radius 1 is 1.27 bits per heavy atom. The lowest BCUT2D eigenvalue weighted by Gasteiger charge is -2.49. The molecular weight excluding hydrogens is 537 g/mol. The highest BCUT2D eigenvalue weighted by Gasteiger charge is 2.54. The number of fused-ring (bicyclic) bond motifs is 1. The van der Waals surface area contributed by atoms with E-state index in [-0.39, 0.29) is 34.3 Å². The molecule has 1 aromatic rings. The molecule has 37 heavy (non-hydrogen) atoms. The summed E-state index contributed by atoms with van der Waals surface area (Å²) in [5, 5.41) is 18.1. The lowest BCUT2D eigenvalue weighted by atomic mass is 10.0. The minimum Gasteiger partial charge on any atom is -0.477 e. The fourth-order valence-electron chi connectivity index (χ4n) is 4.50. The van der Waals surface area contributed by atoms with E-state index >= 15 is 0 Å². The molecule has 3 aliphatic heterocycles. The fraction of sp³-hybridized carbons (Fsp3) is 0.524. The molecule has 4 heterocycles. The number of amides is 3. The number of hydrogen-bond donors (Lipinski definition) is 2. The van der Waals surface area contributed by atoms with Crippen molar-refractivity contribution in [3.05, 3.63) is 28.7 Å². The standard InChI is InChI=1S/C21H21F3N6O5S2/c1-28-19(21(22,23)24)26-27-20(28)37-8-12(31)25-13-16(33)30-14(18(34)35)10(7-36-17(13)30)6-9-4-5-29(15(9)32)11-2-3-11/h6,11,13,17H,2-5,7-8H2,1H3,(H,25,31)(H,34,35)/t13-,17-/m1/s1. The minimum atomic E-state index is -4.69. The average Bonchev–Trinajstić information content (AvgIpc) is 3.51. The van der Waals surface area contributed by atoms with Crippen molar-refractivity contribution in [2.75, 3.05) is 18.1 Å². The Kier molecular flexibility index (Phi) is 6.50. The van der Waals surface area contributed by atoms with Gasteiger partial charge in [0, 0.05) is 31.0 Å². The molecule has 3 fully saturated rings. The van der Waals surface area contributed by atoms with Crippen LogP contribution in [0.1, 0.15) is 25.1 Å². The number of nitrogens with zero attached hydrogens (tertiary/aromatic N) is 5. The molecule has 0 unspecified atom stereocenters. The molecule has 0 aromatic carbocycles. The van der Waals surface area contributed by atoms with E-state index in [1.807, 2.05) is 0 Å². The number of halogens is 3. The van der Waals surface area contributed by atoms with E-state index in [2.05, 4.69) is 15.5 Å². The molecule has 0 spiro atoms. The van der Waals surface area contributed by atoms with E-state index in [1.54, 1.807) is 11.0 Å². The molecule has 2 N–H and O–H groups in total. The summed E-state index contributed by atoms with van der Waals surface area (Å²) in [7, 11) is 1.13. The molecular formula is C21H21F3N6O5S2. The van der Waals surface area contributed by atoms with Gasteiger partial charge in [0.1, 0.15) is 17.1 Å². The van der Waals surface area contributed by atoms with Crippen LogP contribution in [0.25, 0.3) is 0 Å². The number of likely N-dealkylation sites (tertiary alicyclic amines) is 1. The number of aromatic nitrogens is 3. The monoisotopic (exact) mass is 558 g/mol. The van der Waals surface area contributed by atoms with Crippen LogP contribution in [0.5, 0.6) is 0 Å². The molecule has 0 radical (unpaired) electrons. The molecule has 3 amide bonds. The van der Waals surface area contributed by atoms with Crippen LogP contribution >= 0.6 is 23.5 Å². The van der Waals surface area contributed by atoms with Gasteiger partial charge in [-0.05, 0) is 30.9 Å². The summed E-state index contributed by atoms with van der Waals surface area (Å²) in [5.41, 5.74) is 0.677. The Morgan fingerprint density at radius 2 is 2.00 bits per heavy atom. The second-order valence-corrected chi connectivity index (χ2v) is 11.0. The number of carboxylic acids is 1. The Bertz CT molecular complexity index is 1260. The van der Waals surface area contributed by atoms with Gasteiger partial charge in [-0.15, -0.1) is 22.0 Å². The zero-order chi connectivity index (χ0) is 26.6. The van der Waals surface area contributed by atoms with E-state index in [4.69, 9.17) is 0 Å². The van der Waals surface area contributed by atoms with E-state index in [0.29, 0.717) is 24.1 Å². The molecule has 1 saturated carbocycles. The number of carboxylic acid groups (broad SMARTS) is 1. The first-order valence-corrected chi connectivity index (χ1v) is 13.3. The third-order valence-corrected chi connectivity index (χ3v) is 8.75. The first kappa shape index (κ1) is 25.6. The number of alkyl halides is 3. The number of rotatable bonds is 7. The van der Waals surface area contributed by atoms with Crippen LogP contribution in [0, 0.1) is 0 Å². The van der Waals surface area contributed by atoms with Crippen LogP contribution in [0.15, 0.2) is 28.1 Å². The highest BCUT2D eigenvalue weighted by Crippen LogP contribution is 2.42. The number of thioether (sulfide) groups is 2. The highest BCUT2D eigenvalue weighted by atomic mass is 32.2. The summed E-state index contributed by atoms with van der Waals surface area (Å²) in [6.45, 7) is 0.599. The van der Waals surface area contributed by atoms with Gasteiger partial charge in [-0.25, -0.2) is 4.79 Å². The maximum atomic E-state index is 12.9. The summed E-state index contributed by atoms with van der Waals surface area (Å²) in [5.74, 6) is -3.92. The minimum absolute atomic E-state index is 0.102. The predicted molar refractivity (Wildman–Crippen MR) is 124 cm³/mol. The first-order chi connectivity index (χ1) is 17.5. The molecule has 1 aromatic heterocycles. The third kappa shape index (κ3) is 4.71. The summed E-state index contributed by atoms with van der Waals surface area (Å²) < 4.78 is 39.3. The molecule has 5 rings (SSSR count). The van der Waals surface area contributed by atoms with Gasteiger partial charge in [-0.1, -0.05) is 11.8 Å². The largest absolute Gasteiger partial charge is 0.477 e. The van der Waals surface area contributed by atoms with Crippen LogP contribution in [0.3, 0.4) is 0 Å². The first-order valence-electron chi connectivity index (χ1n) is 11.3. The summed E-state index contributed by atoms with van der Waals surface area (Å²) >= 11 is 1.99. The molecule has 4 aliphatic rings. The van der Waals surface area contributed by atoms with Crippen LogP contribution in [-0.4, -0.2) is 88.9 Å². The Balaban J connectivity index is 1.24. The quantitative estimate of drug-likeness (QED) is 0.285. The lowest BCUT2D eigenvalue weighted by molar-refractivity contribution is -0.150. The number of aliphatic carboxylic acids is 1. The number of carbonyl (C=O) groups excluding carboxylic acids is 3. The molecule has 2 atom stereocenters. The van der Waals surface area contributed by atoms with Gasteiger partial charge in [0.2, 0.25) is 17.6 Å². The summed E-state index contributed by atoms with van der Waals surface area (Å²) in [6, 6.07) is -0.721. The van der Waals surface area contributed by atoms with E-state index in [1.165, 1.54) is 11.8 Å². The normalized spacial score (nSPS) is 25.0. The van der Waals surface area contributed by atoms with Crippen molar-refractivity contribution in [3.8, 4) is 0 Å². The number of carbonyl (C=O) groups is 4. The van der Waals surface area contributed by atoms with Crippen molar-refractivity contribution in [3.63, 3.8) is 0 Å². The van der Waals surface area contributed by atoms with Crippen LogP contribution in [0.2, 0.25) is 0 Å². The third-order valence-electron chi connectivity index (χ3n) is 6.43. The fourth-order valence-corrected chi connectivity index (χ4v) is 6.53. The van der Waals surface area contributed by atoms with Crippen molar-refractivity contribution in [2.24, 2.45) is 7.05 Å². The van der Waals surface area contributed by atoms with Crippen molar-refractivity contribution in [1.29, 1.82) is 0 Å². The smallest absolute Gasteiger partial charge is 0.451 e. The van der Waals surface area contributed by atoms with Crippen LogP contribution in [-0.2, 0) is 32.4 Å². The van der Waals surface area contributed by atoms with Crippen LogP contribution in [0.4, 0.5) is 13.2 Å². The maximum Gasteiger partial charge on any atom is 0.451 e. The number of β-lactam (4-membered cyclic amide) rings is 1. The molecule has 2 saturated heterocycles. The summed E-state index contributed by atoms with van der Waals surface area (Å²) in [6.07, 6.45) is -0.653. The van der Waals surface area contributed by atoms with Crippen molar-refractivity contribution >= 4 is 47.2 Å². The zero-order valence-corrected chi connectivity index (χ0v) is 21.0. The molecule has 0 bridgehead atoms. The van der Waals surface area contributed by atoms with Gasteiger partial charge in [-0.3, -0.25) is 19.3 Å². The van der Waals surface area contributed by atoms with E-state index in [9.17, 15) is 37.5 Å². The second kappa shape index (κ2) is 9.38. The van der Waals surface area contributed by atoms with Gasteiger partial charge >= 0.3 is 12.1 Å². The highest BCUT2D eigenvalue weighted by molar-refractivity contribution is 8.00. The topological polar surface area (TPSA) is 138 Å². The zero-order valence-electron chi connectivity index (χ0n) is 19.3. The van der Waals surface area contributed by atoms with Crippen molar-refractivity contribution in [1.82, 2.24) is 29.9 Å². The van der Waals surface area contributed by atoms with Gasteiger partial charge in [0.25, 0.3) is 5.91 Å². The van der Waals surface area contributed by atoms with Gasteiger partial charge in [0.05, 0.1) is 5.75 Å². The second-order valence-electron chi connectivity index (χ2n) is 8.93. The molecule has 11 nitrogen and oxygen atoms in total. The predicted octanol–water partition coefficient (Wildman–Crippen LogP) is 0.986. The van der Waals surface area contributed by atoms with Crippen LogP contribution < -0.4 is 5.32 Å². The SMILES string of the molecule is Cn1c(SCC(=O)N[C@@H]2C(=O)N3C(C(=O)O)=C(C=C4CCN(C5CC5)C4=O)CS[C@H]23)nnc1C(F)(F)F.